The summed E-state index contributed by atoms with van der Waals surface area (Å²) < 4.78 is 24.7. The molecule has 1 heterocycles. The normalized spacial score (nSPS) is 23.2. The zero-order valence-electron chi connectivity index (χ0n) is 12.2. The molecule has 0 spiro atoms. The number of hydrogen-bond acceptors (Lipinski definition) is 3. The zero-order chi connectivity index (χ0) is 15.2. The van der Waals surface area contributed by atoms with Crippen molar-refractivity contribution < 1.29 is 8.78 Å². The fourth-order valence-electron chi connectivity index (χ4n) is 2.90. The fourth-order valence-corrected chi connectivity index (χ4v) is 2.90. The molecule has 0 radical (unpaired) electrons. The van der Waals surface area contributed by atoms with Crippen LogP contribution in [0.1, 0.15) is 23.5 Å². The van der Waals surface area contributed by atoms with Crippen molar-refractivity contribution in [3.05, 3.63) is 35.4 Å². The summed E-state index contributed by atoms with van der Waals surface area (Å²) in [5.41, 5.74) is 2.42. The van der Waals surface area contributed by atoms with Gasteiger partial charge >= 0.3 is 0 Å². The molecule has 0 amide bonds. The average molecular weight is 293 g/mol. The molecule has 1 N–H and O–H groups in total. The summed E-state index contributed by atoms with van der Waals surface area (Å²) in [7, 11) is 0. The maximum Gasteiger partial charge on any atom is 0.250 e. The molecule has 1 aromatic carbocycles. The predicted octanol–water partition coefficient (Wildman–Crippen LogP) is 2.53. The van der Waals surface area contributed by atoms with Gasteiger partial charge in [0.05, 0.1) is 19.2 Å². The van der Waals surface area contributed by atoms with Crippen LogP contribution in [0, 0.1) is 18.3 Å². The lowest BCUT2D eigenvalue weighted by Crippen LogP contribution is -2.49. The molecule has 114 valence electrons. The van der Waals surface area contributed by atoms with E-state index in [0.29, 0.717) is 13.1 Å². The van der Waals surface area contributed by atoms with Crippen LogP contribution in [0.5, 0.6) is 0 Å². The van der Waals surface area contributed by atoms with Gasteiger partial charge in [-0.25, -0.2) is 8.78 Å². The Morgan fingerprint density at radius 3 is 2.67 bits per heavy atom. The largest absolute Gasteiger partial charge is 0.307 e. The lowest BCUT2D eigenvalue weighted by Gasteiger charge is -2.37. The number of rotatable bonds is 5. The summed E-state index contributed by atoms with van der Waals surface area (Å²) in [6.07, 6.45) is -1.51. The molecule has 1 saturated heterocycles. The quantitative estimate of drug-likeness (QED) is 0.848. The lowest BCUT2D eigenvalue weighted by atomic mass is 9.87. The Morgan fingerprint density at radius 2 is 2.05 bits per heavy atom. The minimum Gasteiger partial charge on any atom is -0.307 e. The first-order chi connectivity index (χ1) is 10.1. The van der Waals surface area contributed by atoms with E-state index in [4.69, 9.17) is 5.26 Å². The molecule has 21 heavy (non-hydrogen) atoms. The number of aryl methyl sites for hydroxylation is 1. The number of alkyl halides is 2. The van der Waals surface area contributed by atoms with Gasteiger partial charge < -0.3 is 5.32 Å². The molecule has 0 aromatic heterocycles. The first-order valence-electron chi connectivity index (χ1n) is 7.26. The maximum absolute atomic E-state index is 12.4. The van der Waals surface area contributed by atoms with Crippen molar-refractivity contribution in [2.24, 2.45) is 0 Å². The average Bonchev–Trinajstić information content (AvgIpc) is 2.46. The van der Waals surface area contributed by atoms with Gasteiger partial charge in [-0.1, -0.05) is 29.8 Å². The summed E-state index contributed by atoms with van der Waals surface area (Å²) in [5.74, 6) is 0.280. The minimum atomic E-state index is -2.34. The highest BCUT2D eigenvalue weighted by molar-refractivity contribution is 5.25. The van der Waals surface area contributed by atoms with Crippen LogP contribution in [0.2, 0.25) is 0 Å². The van der Waals surface area contributed by atoms with Gasteiger partial charge in [-0.2, -0.15) is 5.26 Å². The van der Waals surface area contributed by atoms with Gasteiger partial charge in [0, 0.05) is 19.1 Å². The summed E-state index contributed by atoms with van der Waals surface area (Å²) in [4.78, 5) is 2.04. The van der Waals surface area contributed by atoms with E-state index in [9.17, 15) is 8.78 Å². The highest BCUT2D eigenvalue weighted by Crippen LogP contribution is 2.27. The first-order valence-corrected chi connectivity index (χ1v) is 7.26. The molecule has 1 aliphatic heterocycles. The molecule has 0 aliphatic carbocycles. The summed E-state index contributed by atoms with van der Waals surface area (Å²) in [5, 5.41) is 11.8. The predicted molar refractivity (Wildman–Crippen MR) is 78.4 cm³/mol. The molecule has 1 aromatic rings. The Balaban J connectivity index is 2.05. The van der Waals surface area contributed by atoms with Crippen molar-refractivity contribution in [1.29, 1.82) is 5.26 Å². The van der Waals surface area contributed by atoms with Crippen molar-refractivity contribution >= 4 is 0 Å². The second kappa shape index (κ2) is 7.48. The van der Waals surface area contributed by atoms with E-state index in [2.05, 4.69) is 35.7 Å². The first kappa shape index (κ1) is 15.9. The molecular weight excluding hydrogens is 272 g/mol. The van der Waals surface area contributed by atoms with Gasteiger partial charge in [0.25, 0.3) is 6.43 Å². The van der Waals surface area contributed by atoms with Crippen molar-refractivity contribution in [3.8, 4) is 6.07 Å². The highest BCUT2D eigenvalue weighted by Gasteiger charge is 2.28. The third-order valence-electron chi connectivity index (χ3n) is 3.93. The number of nitriles is 1. The number of nitrogens with one attached hydrogen (secondary N) is 1. The lowest BCUT2D eigenvalue weighted by molar-refractivity contribution is 0.124. The standard InChI is InChI=1S/C16H21F2N3/c1-12-2-4-13(5-3-12)14-8-15(20-9-16(17)18)11-21(10-14)7-6-19/h2-5,14-16,20H,7-11H2,1H3. The molecule has 1 aliphatic rings. The third kappa shape index (κ3) is 4.76. The van der Waals surface area contributed by atoms with Crippen molar-refractivity contribution in [2.45, 2.75) is 31.7 Å². The van der Waals surface area contributed by atoms with Gasteiger partial charge in [0.2, 0.25) is 0 Å². The molecule has 1 fully saturated rings. The van der Waals surface area contributed by atoms with Crippen LogP contribution in [0.15, 0.2) is 24.3 Å². The highest BCUT2D eigenvalue weighted by atomic mass is 19.3. The van der Waals surface area contributed by atoms with Crippen LogP contribution in [-0.4, -0.2) is 43.5 Å². The van der Waals surface area contributed by atoms with Crippen LogP contribution in [0.25, 0.3) is 0 Å². The summed E-state index contributed by atoms with van der Waals surface area (Å²) >= 11 is 0. The van der Waals surface area contributed by atoms with Crippen LogP contribution in [0.3, 0.4) is 0 Å². The Kier molecular flexibility index (Phi) is 5.66. The number of benzene rings is 1. The molecule has 3 nitrogen and oxygen atoms in total. The second-order valence-electron chi connectivity index (χ2n) is 5.69. The number of likely N-dealkylation sites (tertiary alicyclic amines) is 1. The number of halogens is 2. The Morgan fingerprint density at radius 1 is 1.33 bits per heavy atom. The van der Waals surface area contributed by atoms with Crippen LogP contribution < -0.4 is 5.32 Å². The van der Waals surface area contributed by atoms with E-state index in [-0.39, 0.29) is 18.5 Å². The minimum absolute atomic E-state index is 0.00685. The van der Waals surface area contributed by atoms with E-state index in [1.165, 1.54) is 11.1 Å². The summed E-state index contributed by atoms with van der Waals surface area (Å²) in [6.45, 7) is 3.56. The van der Waals surface area contributed by atoms with Gasteiger partial charge in [0.1, 0.15) is 0 Å². The topological polar surface area (TPSA) is 39.1 Å². The molecule has 2 unspecified atom stereocenters. The third-order valence-corrected chi connectivity index (χ3v) is 3.93. The number of nitrogens with zero attached hydrogens (tertiary/aromatic N) is 2. The molecular formula is C16H21F2N3. The van der Waals surface area contributed by atoms with Crippen LogP contribution in [-0.2, 0) is 0 Å². The van der Waals surface area contributed by atoms with E-state index >= 15 is 0 Å². The Labute approximate surface area is 124 Å². The monoisotopic (exact) mass is 293 g/mol. The zero-order valence-corrected chi connectivity index (χ0v) is 12.2. The van der Waals surface area contributed by atoms with Crippen molar-refractivity contribution in [3.63, 3.8) is 0 Å². The van der Waals surface area contributed by atoms with E-state index in [1.807, 2.05) is 11.8 Å². The fraction of sp³-hybridized carbons (Fsp3) is 0.562. The molecule has 2 atom stereocenters. The van der Waals surface area contributed by atoms with Crippen LogP contribution >= 0.6 is 0 Å². The van der Waals surface area contributed by atoms with Gasteiger partial charge in [-0.15, -0.1) is 0 Å². The second-order valence-corrected chi connectivity index (χ2v) is 5.69. The van der Waals surface area contributed by atoms with Gasteiger partial charge in [-0.05, 0) is 24.8 Å². The number of hydrogen-bond donors (Lipinski definition) is 1. The molecule has 0 bridgehead atoms. The smallest absolute Gasteiger partial charge is 0.250 e. The summed E-state index contributed by atoms with van der Waals surface area (Å²) in [6, 6.07) is 10.5. The number of piperidine rings is 1. The van der Waals surface area contributed by atoms with Crippen molar-refractivity contribution in [2.75, 3.05) is 26.2 Å². The van der Waals surface area contributed by atoms with E-state index in [1.54, 1.807) is 0 Å². The Bertz CT molecular complexity index is 481. The SMILES string of the molecule is Cc1ccc(C2CC(NCC(F)F)CN(CC#N)C2)cc1. The van der Waals surface area contributed by atoms with Gasteiger partial charge in [-0.3, -0.25) is 4.90 Å². The maximum atomic E-state index is 12.4. The van der Waals surface area contributed by atoms with Gasteiger partial charge in [0.15, 0.2) is 0 Å². The van der Waals surface area contributed by atoms with E-state index < -0.39 is 6.43 Å². The van der Waals surface area contributed by atoms with Crippen LogP contribution in [0.4, 0.5) is 8.78 Å². The molecule has 2 rings (SSSR count). The molecule has 5 heteroatoms. The van der Waals surface area contributed by atoms with Crippen molar-refractivity contribution in [1.82, 2.24) is 10.2 Å². The Hall–Kier alpha value is -1.51. The molecule has 0 saturated carbocycles. The van der Waals surface area contributed by atoms with E-state index in [0.717, 1.165) is 13.0 Å².